The van der Waals surface area contributed by atoms with Crippen molar-refractivity contribution >= 4 is 41.8 Å². The van der Waals surface area contributed by atoms with Crippen LogP contribution in [0.1, 0.15) is 24.4 Å². The number of carbonyl (C=O) groups is 1. The highest BCUT2D eigenvalue weighted by Crippen LogP contribution is 2.25. The van der Waals surface area contributed by atoms with Crippen molar-refractivity contribution in [3.8, 4) is 0 Å². The fourth-order valence-electron chi connectivity index (χ4n) is 2.76. The average molecular weight is 395 g/mol. The number of nitrogens with one attached hydrogen (secondary N) is 1. The lowest BCUT2D eigenvalue weighted by molar-refractivity contribution is -0.124. The molecule has 0 saturated carbocycles. The third kappa shape index (κ3) is 4.36. The summed E-state index contributed by atoms with van der Waals surface area (Å²) in [6, 6.07) is 17.5. The molecule has 26 heavy (non-hydrogen) atoms. The van der Waals surface area contributed by atoms with Crippen LogP contribution >= 0.6 is 24.8 Å². The molecule has 0 saturated heterocycles. The summed E-state index contributed by atoms with van der Waals surface area (Å²) < 4.78 is 2.03. The number of hydrogen-bond acceptors (Lipinski definition) is 3. The molecule has 7 heteroatoms. The number of aryl methyl sites for hydroxylation is 1. The van der Waals surface area contributed by atoms with E-state index in [2.05, 4.69) is 5.32 Å². The summed E-state index contributed by atoms with van der Waals surface area (Å²) >= 11 is 0. The summed E-state index contributed by atoms with van der Waals surface area (Å²) in [5.74, 6) is 0.490. The van der Waals surface area contributed by atoms with Gasteiger partial charge in [0.15, 0.2) is 0 Å². The molecule has 3 N–H and O–H groups in total. The van der Waals surface area contributed by atoms with E-state index in [1.165, 1.54) is 0 Å². The minimum Gasteiger partial charge on any atom is -0.342 e. The van der Waals surface area contributed by atoms with Crippen LogP contribution in [0.3, 0.4) is 0 Å². The number of hydrogen-bond donors (Lipinski definition) is 2. The van der Waals surface area contributed by atoms with Gasteiger partial charge in [0.05, 0.1) is 11.0 Å². The molecule has 0 bridgehead atoms. The Kier molecular flexibility index (Phi) is 8.08. The Hall–Kier alpha value is -2.08. The van der Waals surface area contributed by atoms with Gasteiger partial charge in [0.25, 0.3) is 0 Å². The van der Waals surface area contributed by atoms with E-state index in [1.54, 1.807) is 0 Å². The highest BCUT2D eigenvalue weighted by molar-refractivity contribution is 5.85. The number of nitrogens with zero attached hydrogens (tertiary/aromatic N) is 2. The molecule has 0 fully saturated rings. The molecule has 5 nitrogen and oxygen atoms in total. The first kappa shape index (κ1) is 22.0. The van der Waals surface area contributed by atoms with Gasteiger partial charge < -0.3 is 15.6 Å². The first-order chi connectivity index (χ1) is 11.6. The third-order valence-corrected chi connectivity index (χ3v) is 4.30. The number of amides is 1. The molecule has 1 heterocycles. The zero-order chi connectivity index (χ0) is 17.1. The Bertz CT molecular complexity index is 851. The van der Waals surface area contributed by atoms with Gasteiger partial charge in [-0.2, -0.15) is 0 Å². The van der Waals surface area contributed by atoms with Crippen molar-refractivity contribution in [1.82, 2.24) is 14.9 Å². The molecule has 1 aromatic heterocycles. The van der Waals surface area contributed by atoms with E-state index < -0.39 is 0 Å². The first-order valence-electron chi connectivity index (χ1n) is 8.08. The summed E-state index contributed by atoms with van der Waals surface area (Å²) in [6.45, 7) is 2.14. The van der Waals surface area contributed by atoms with Gasteiger partial charge >= 0.3 is 0 Å². The molecule has 140 valence electrons. The minimum absolute atomic E-state index is 0. The normalized spacial score (nSPS) is 12.6. The summed E-state index contributed by atoms with van der Waals surface area (Å²) in [7, 11) is 1.97. The third-order valence-electron chi connectivity index (χ3n) is 4.30. The standard InChI is InChI=1S/C19H22N4O.2ClH/c1-13(12-20)19(24)22-17(14-8-4-3-5-9-14)18-21-15-10-6-7-11-16(15)23(18)2;;/h3-11,13,17H,12,20H2,1-2H3,(H,22,24);2*1H. The van der Waals surface area contributed by atoms with Crippen molar-refractivity contribution < 1.29 is 4.79 Å². The molecule has 0 aliphatic rings. The lowest BCUT2D eigenvalue weighted by Crippen LogP contribution is -2.37. The van der Waals surface area contributed by atoms with Crippen LogP contribution in [-0.4, -0.2) is 22.0 Å². The molecule has 0 aliphatic carbocycles. The quantitative estimate of drug-likeness (QED) is 0.697. The van der Waals surface area contributed by atoms with Gasteiger partial charge in [0.2, 0.25) is 5.91 Å². The average Bonchev–Trinajstić information content (AvgIpc) is 2.96. The van der Waals surface area contributed by atoms with Crippen LogP contribution in [0.15, 0.2) is 54.6 Å². The van der Waals surface area contributed by atoms with E-state index in [4.69, 9.17) is 10.7 Å². The maximum absolute atomic E-state index is 12.4. The maximum Gasteiger partial charge on any atom is 0.224 e. The topological polar surface area (TPSA) is 72.9 Å². The van der Waals surface area contributed by atoms with Crippen molar-refractivity contribution in [2.24, 2.45) is 18.7 Å². The largest absolute Gasteiger partial charge is 0.342 e. The highest BCUT2D eigenvalue weighted by Gasteiger charge is 2.24. The SMILES string of the molecule is CC(CN)C(=O)NC(c1ccccc1)c1nc2ccccc2n1C.Cl.Cl. The number of fused-ring (bicyclic) bond motifs is 1. The van der Waals surface area contributed by atoms with Crippen LogP contribution in [-0.2, 0) is 11.8 Å². The predicted octanol–water partition coefficient (Wildman–Crippen LogP) is 3.22. The summed E-state index contributed by atoms with van der Waals surface area (Å²) in [6.07, 6.45) is 0. The predicted molar refractivity (Wildman–Crippen MR) is 110 cm³/mol. The van der Waals surface area contributed by atoms with Gasteiger partial charge in [0, 0.05) is 19.5 Å². The number of benzene rings is 2. The number of imidazole rings is 1. The second-order valence-electron chi connectivity index (χ2n) is 6.01. The van der Waals surface area contributed by atoms with Crippen LogP contribution in [0.4, 0.5) is 0 Å². The fourth-order valence-corrected chi connectivity index (χ4v) is 2.76. The van der Waals surface area contributed by atoms with Gasteiger partial charge in [-0.15, -0.1) is 24.8 Å². The number of nitrogens with two attached hydrogens (primary N) is 1. The molecule has 2 unspecified atom stereocenters. The molecule has 0 spiro atoms. The van der Waals surface area contributed by atoms with Crippen molar-refractivity contribution in [2.75, 3.05) is 6.54 Å². The van der Waals surface area contributed by atoms with Crippen LogP contribution in [0, 0.1) is 5.92 Å². The van der Waals surface area contributed by atoms with E-state index in [1.807, 2.05) is 73.1 Å². The molecule has 3 aromatic rings. The molecule has 3 rings (SSSR count). The molecule has 2 atom stereocenters. The Morgan fingerprint density at radius 3 is 2.35 bits per heavy atom. The number of carbonyl (C=O) groups excluding carboxylic acids is 1. The Labute approximate surface area is 165 Å². The van der Waals surface area contributed by atoms with Crippen LogP contribution in [0.2, 0.25) is 0 Å². The van der Waals surface area contributed by atoms with Gasteiger partial charge in [-0.3, -0.25) is 4.79 Å². The fraction of sp³-hybridized carbons (Fsp3) is 0.263. The summed E-state index contributed by atoms with van der Waals surface area (Å²) in [5.41, 5.74) is 8.58. The molecular formula is C19H24Cl2N4O. The lowest BCUT2D eigenvalue weighted by Gasteiger charge is -2.21. The van der Waals surface area contributed by atoms with Gasteiger partial charge in [-0.25, -0.2) is 4.98 Å². The van der Waals surface area contributed by atoms with Gasteiger partial charge in [-0.1, -0.05) is 49.4 Å². The number of halogens is 2. The first-order valence-corrected chi connectivity index (χ1v) is 8.08. The second-order valence-corrected chi connectivity index (χ2v) is 6.01. The maximum atomic E-state index is 12.4. The smallest absolute Gasteiger partial charge is 0.224 e. The van der Waals surface area contributed by atoms with Crippen LogP contribution < -0.4 is 11.1 Å². The summed E-state index contributed by atoms with van der Waals surface area (Å²) in [4.78, 5) is 17.2. The Morgan fingerprint density at radius 2 is 1.73 bits per heavy atom. The van der Waals surface area contributed by atoms with E-state index in [0.29, 0.717) is 6.54 Å². The molecule has 0 aliphatic heterocycles. The van der Waals surface area contributed by atoms with Crippen LogP contribution in [0.5, 0.6) is 0 Å². The number of para-hydroxylation sites is 2. The van der Waals surface area contributed by atoms with Crippen molar-refractivity contribution in [1.29, 1.82) is 0 Å². The van der Waals surface area contributed by atoms with Crippen molar-refractivity contribution in [2.45, 2.75) is 13.0 Å². The Morgan fingerprint density at radius 1 is 1.12 bits per heavy atom. The molecule has 0 radical (unpaired) electrons. The Balaban J connectivity index is 0.00000169. The van der Waals surface area contributed by atoms with Crippen molar-refractivity contribution in [3.63, 3.8) is 0 Å². The van der Waals surface area contributed by atoms with E-state index in [-0.39, 0.29) is 42.7 Å². The van der Waals surface area contributed by atoms with Gasteiger partial charge in [-0.05, 0) is 17.7 Å². The van der Waals surface area contributed by atoms with Gasteiger partial charge in [0.1, 0.15) is 11.9 Å². The molecule has 2 aromatic carbocycles. The number of rotatable bonds is 5. The lowest BCUT2D eigenvalue weighted by atomic mass is 10.0. The second kappa shape index (κ2) is 9.57. The van der Waals surface area contributed by atoms with E-state index >= 15 is 0 Å². The zero-order valence-electron chi connectivity index (χ0n) is 14.8. The highest BCUT2D eigenvalue weighted by atomic mass is 35.5. The number of aromatic nitrogens is 2. The zero-order valence-corrected chi connectivity index (χ0v) is 16.4. The summed E-state index contributed by atoms with van der Waals surface area (Å²) in [5, 5.41) is 3.10. The molecule has 1 amide bonds. The van der Waals surface area contributed by atoms with Crippen molar-refractivity contribution in [3.05, 3.63) is 66.0 Å². The monoisotopic (exact) mass is 394 g/mol. The van der Waals surface area contributed by atoms with E-state index in [0.717, 1.165) is 22.4 Å². The minimum atomic E-state index is -0.315. The molecular weight excluding hydrogens is 371 g/mol. The van der Waals surface area contributed by atoms with E-state index in [9.17, 15) is 4.79 Å². The van der Waals surface area contributed by atoms with Crippen LogP contribution in [0.25, 0.3) is 11.0 Å².